The molecule has 1 aliphatic rings. The number of nitrogens with one attached hydrogen (secondary N) is 2. The van der Waals surface area contributed by atoms with E-state index in [2.05, 4.69) is 20.5 Å². The predicted octanol–water partition coefficient (Wildman–Crippen LogP) is 5.47. The number of rotatable bonds is 7. The van der Waals surface area contributed by atoms with Crippen LogP contribution in [0, 0.1) is 18.2 Å². The second kappa shape index (κ2) is 9.69. The number of hydrogen-bond donors (Lipinski definition) is 3. The number of hydrogen-bond acceptors (Lipinski definition) is 5. The summed E-state index contributed by atoms with van der Waals surface area (Å²) in [5.74, 6) is -1.48. The molecule has 2 aromatic heterocycles. The van der Waals surface area contributed by atoms with Crippen LogP contribution in [0.15, 0.2) is 42.5 Å². The van der Waals surface area contributed by atoms with Crippen LogP contribution >= 0.6 is 0 Å². The average molecular weight is 527 g/mol. The highest BCUT2D eigenvalue weighted by atomic mass is 19.4. The molecule has 0 radical (unpaired) electrons. The topological polar surface area (TPSA) is 94.1 Å². The Labute approximate surface area is 207 Å². The highest BCUT2D eigenvalue weighted by molar-refractivity contribution is 5.75. The predicted molar refractivity (Wildman–Crippen MR) is 121 cm³/mol. The van der Waals surface area contributed by atoms with Crippen molar-refractivity contribution in [1.29, 1.82) is 0 Å². The summed E-state index contributed by atoms with van der Waals surface area (Å²) in [4.78, 5) is 16.9. The van der Waals surface area contributed by atoms with Crippen LogP contribution in [0.25, 0.3) is 0 Å². The molecule has 0 bridgehead atoms. The van der Waals surface area contributed by atoms with Gasteiger partial charge >= 0.3 is 18.2 Å². The van der Waals surface area contributed by atoms with Gasteiger partial charge in [-0.15, -0.1) is 0 Å². The minimum absolute atomic E-state index is 0.178. The Hall–Kier alpha value is -3.61. The molecule has 1 saturated heterocycles. The number of pyridine rings is 1. The first-order valence-corrected chi connectivity index (χ1v) is 11.3. The Morgan fingerprint density at radius 3 is 2.30 bits per heavy atom. The Kier molecular flexibility index (Phi) is 6.93. The van der Waals surface area contributed by atoms with Crippen LogP contribution in [-0.4, -0.2) is 44.2 Å². The number of carbonyl (C=O) groups is 1. The van der Waals surface area contributed by atoms with E-state index in [0.717, 1.165) is 23.9 Å². The van der Waals surface area contributed by atoms with Gasteiger partial charge in [0.2, 0.25) is 0 Å². The molecular formula is C24H23F6N5O2. The van der Waals surface area contributed by atoms with Gasteiger partial charge in [-0.05, 0) is 38.0 Å². The molecule has 3 aromatic rings. The van der Waals surface area contributed by atoms with Crippen molar-refractivity contribution < 1.29 is 36.2 Å². The van der Waals surface area contributed by atoms with Crippen molar-refractivity contribution in [3.05, 3.63) is 70.8 Å². The van der Waals surface area contributed by atoms with E-state index in [4.69, 9.17) is 0 Å². The van der Waals surface area contributed by atoms with E-state index in [-0.39, 0.29) is 30.8 Å². The van der Waals surface area contributed by atoms with Crippen molar-refractivity contribution in [2.24, 2.45) is 5.41 Å². The molecule has 1 aliphatic heterocycles. The van der Waals surface area contributed by atoms with Crippen molar-refractivity contribution in [2.75, 3.05) is 18.4 Å². The number of aliphatic carboxylic acids is 1. The van der Waals surface area contributed by atoms with E-state index in [1.54, 1.807) is 13.0 Å². The molecule has 0 spiro atoms. The molecule has 1 aromatic carbocycles. The van der Waals surface area contributed by atoms with E-state index in [1.165, 1.54) is 6.07 Å². The number of carboxylic acid groups (broad SMARTS) is 1. The zero-order chi connectivity index (χ0) is 27.0. The molecule has 3 N–H and O–H groups in total. The number of aromatic amines is 1. The van der Waals surface area contributed by atoms with Gasteiger partial charge in [-0.2, -0.15) is 27.1 Å². The third kappa shape index (κ3) is 5.41. The van der Waals surface area contributed by atoms with Gasteiger partial charge in [-0.25, -0.2) is 14.3 Å². The minimum Gasteiger partial charge on any atom is -0.481 e. The zero-order valence-electron chi connectivity index (χ0n) is 19.5. The molecule has 198 valence electrons. The summed E-state index contributed by atoms with van der Waals surface area (Å²) in [7, 11) is 0. The summed E-state index contributed by atoms with van der Waals surface area (Å²) in [5.41, 5.74) is -3.72. The summed E-state index contributed by atoms with van der Waals surface area (Å²) in [6.45, 7) is 0.741. The van der Waals surface area contributed by atoms with Gasteiger partial charge in [0.25, 0.3) is 0 Å². The van der Waals surface area contributed by atoms with Crippen LogP contribution < -0.4 is 5.32 Å². The Morgan fingerprint density at radius 1 is 1.08 bits per heavy atom. The number of alkyl halides is 5. The van der Waals surface area contributed by atoms with Gasteiger partial charge < -0.3 is 10.4 Å². The maximum absolute atomic E-state index is 15.2. The molecule has 1 fully saturated rings. The van der Waals surface area contributed by atoms with E-state index < -0.39 is 53.6 Å². The first-order chi connectivity index (χ1) is 17.3. The maximum atomic E-state index is 15.2. The summed E-state index contributed by atoms with van der Waals surface area (Å²) in [6.07, 6.45) is -6.06. The summed E-state index contributed by atoms with van der Waals surface area (Å²) in [6, 6.07) is 3.53. The molecular weight excluding hydrogens is 504 g/mol. The monoisotopic (exact) mass is 527 g/mol. The average Bonchev–Trinajstić information content (AvgIpc) is 3.25. The fourth-order valence-electron chi connectivity index (χ4n) is 4.46. The van der Waals surface area contributed by atoms with Crippen LogP contribution in [0.2, 0.25) is 0 Å². The highest BCUT2D eigenvalue weighted by Crippen LogP contribution is 2.45. The normalized spacial score (nSPS) is 16.5. The number of carboxylic acids is 1. The fraction of sp³-hybridized carbons (Fsp3) is 0.375. The lowest BCUT2D eigenvalue weighted by Gasteiger charge is -2.42. The van der Waals surface area contributed by atoms with Crippen molar-refractivity contribution in [2.45, 2.75) is 38.4 Å². The Morgan fingerprint density at radius 2 is 1.73 bits per heavy atom. The number of piperidine rings is 1. The molecule has 3 heterocycles. The van der Waals surface area contributed by atoms with Gasteiger partial charge in [0, 0.05) is 36.8 Å². The SMILES string of the molecule is Cc1cc(Nc2ccc(F)c(CC3(C(=O)O)CCN(C(F)(F)c4ccccc4C(F)(F)F)CC3)n2)n[nH]1. The van der Waals surface area contributed by atoms with Gasteiger partial charge in [0.15, 0.2) is 5.82 Å². The lowest BCUT2D eigenvalue weighted by atomic mass is 9.74. The number of anilines is 2. The van der Waals surface area contributed by atoms with Crippen molar-refractivity contribution >= 4 is 17.6 Å². The third-order valence-corrected chi connectivity index (χ3v) is 6.51. The summed E-state index contributed by atoms with van der Waals surface area (Å²) >= 11 is 0. The largest absolute Gasteiger partial charge is 0.481 e. The lowest BCUT2D eigenvalue weighted by molar-refractivity contribution is -0.187. The number of benzene rings is 1. The zero-order valence-corrected chi connectivity index (χ0v) is 19.5. The lowest BCUT2D eigenvalue weighted by Crippen LogP contribution is -2.51. The number of aryl methyl sites for hydroxylation is 1. The third-order valence-electron chi connectivity index (χ3n) is 6.51. The van der Waals surface area contributed by atoms with Crippen LogP contribution in [0.5, 0.6) is 0 Å². The van der Waals surface area contributed by atoms with E-state index in [1.807, 2.05) is 0 Å². The molecule has 0 saturated carbocycles. The maximum Gasteiger partial charge on any atom is 0.416 e. The van der Waals surface area contributed by atoms with E-state index in [9.17, 15) is 27.5 Å². The number of likely N-dealkylation sites (tertiary alicyclic amines) is 1. The fourth-order valence-corrected chi connectivity index (χ4v) is 4.46. The molecule has 37 heavy (non-hydrogen) atoms. The standard InChI is InChI=1S/C24H23F6N5O2/c1-14-12-20(34-33-14)32-19-7-6-17(25)18(31-19)13-22(21(36)37)8-10-35(11-9-22)24(29,30)16-5-3-2-4-15(16)23(26,27)28/h2-7,12H,8-11,13H2,1H3,(H,36,37)(H2,31,32,33,34). The summed E-state index contributed by atoms with van der Waals surface area (Å²) < 4.78 is 85.1. The van der Waals surface area contributed by atoms with E-state index >= 15 is 8.78 Å². The molecule has 0 amide bonds. The van der Waals surface area contributed by atoms with Crippen molar-refractivity contribution in [3.63, 3.8) is 0 Å². The van der Waals surface area contributed by atoms with Crippen LogP contribution in [-0.2, 0) is 23.4 Å². The minimum atomic E-state index is -4.99. The van der Waals surface area contributed by atoms with Gasteiger partial charge in [-0.1, -0.05) is 18.2 Å². The van der Waals surface area contributed by atoms with Gasteiger partial charge in [0.1, 0.15) is 11.6 Å². The second-order valence-electron chi connectivity index (χ2n) is 9.02. The molecule has 0 unspecified atom stereocenters. The molecule has 0 atom stereocenters. The molecule has 4 rings (SSSR count). The number of H-pyrrole nitrogens is 1. The van der Waals surface area contributed by atoms with Crippen LogP contribution in [0.4, 0.5) is 38.0 Å². The van der Waals surface area contributed by atoms with Crippen molar-refractivity contribution in [1.82, 2.24) is 20.1 Å². The quantitative estimate of drug-likeness (QED) is 0.279. The number of aromatic nitrogens is 3. The van der Waals surface area contributed by atoms with E-state index in [0.29, 0.717) is 22.9 Å². The highest BCUT2D eigenvalue weighted by Gasteiger charge is 2.51. The van der Waals surface area contributed by atoms with Crippen LogP contribution in [0.3, 0.4) is 0 Å². The molecule has 0 aliphatic carbocycles. The first-order valence-electron chi connectivity index (χ1n) is 11.3. The first kappa shape index (κ1) is 26.5. The summed E-state index contributed by atoms with van der Waals surface area (Å²) in [5, 5.41) is 19.5. The van der Waals surface area contributed by atoms with Gasteiger partial charge in [0.05, 0.1) is 16.7 Å². The Balaban J connectivity index is 1.55. The number of halogens is 6. The van der Waals surface area contributed by atoms with Crippen LogP contribution in [0.1, 0.15) is 35.4 Å². The smallest absolute Gasteiger partial charge is 0.416 e. The van der Waals surface area contributed by atoms with Crippen molar-refractivity contribution in [3.8, 4) is 0 Å². The Bertz CT molecular complexity index is 1280. The second-order valence-corrected chi connectivity index (χ2v) is 9.02. The molecule has 7 nitrogen and oxygen atoms in total. The number of nitrogens with zero attached hydrogens (tertiary/aromatic N) is 3. The van der Waals surface area contributed by atoms with Gasteiger partial charge in [-0.3, -0.25) is 9.89 Å². The molecule has 13 heteroatoms.